The van der Waals surface area contributed by atoms with E-state index in [1.54, 1.807) is 16.7 Å². The predicted molar refractivity (Wildman–Crippen MR) is 103 cm³/mol. The Hall–Kier alpha value is -3.09. The van der Waals surface area contributed by atoms with Gasteiger partial charge in [-0.3, -0.25) is 4.79 Å². The third-order valence-electron chi connectivity index (χ3n) is 4.36. The van der Waals surface area contributed by atoms with E-state index in [9.17, 15) is 18.0 Å². The van der Waals surface area contributed by atoms with Crippen LogP contribution in [0.2, 0.25) is 0 Å². The maximum Gasteiger partial charge on any atom is 0.416 e. The van der Waals surface area contributed by atoms with E-state index in [4.69, 9.17) is 0 Å². The van der Waals surface area contributed by atoms with E-state index in [2.05, 4.69) is 31.1 Å². The number of fused-ring (bicyclic) bond motifs is 1. The van der Waals surface area contributed by atoms with Gasteiger partial charge in [-0.15, -0.1) is 0 Å². The van der Waals surface area contributed by atoms with E-state index in [-0.39, 0.29) is 16.8 Å². The molecular weight excluding hydrogens is 367 g/mol. The van der Waals surface area contributed by atoms with Crippen molar-refractivity contribution in [1.29, 1.82) is 0 Å². The quantitative estimate of drug-likeness (QED) is 0.671. The van der Waals surface area contributed by atoms with E-state index < -0.39 is 11.7 Å². The second-order valence-electron chi connectivity index (χ2n) is 7.47. The van der Waals surface area contributed by atoms with Crippen molar-refractivity contribution in [3.63, 3.8) is 0 Å². The second kappa shape index (κ2) is 7.14. The van der Waals surface area contributed by atoms with Gasteiger partial charge in [-0.25, -0.2) is 4.98 Å². The lowest BCUT2D eigenvalue weighted by molar-refractivity contribution is -0.137. The highest BCUT2D eigenvalue weighted by atomic mass is 19.4. The zero-order chi connectivity index (χ0) is 20.5. The van der Waals surface area contributed by atoms with Crippen LogP contribution >= 0.6 is 0 Å². The second-order valence-corrected chi connectivity index (χ2v) is 7.47. The molecule has 1 heterocycles. The lowest BCUT2D eigenvalue weighted by Crippen LogP contribution is -2.18. The molecular formula is C21H20F3N3O. The number of nitrogens with one attached hydrogen (secondary N) is 1. The fourth-order valence-corrected chi connectivity index (χ4v) is 2.73. The molecule has 0 saturated carbocycles. The van der Waals surface area contributed by atoms with Crippen LogP contribution in [-0.2, 0) is 11.6 Å². The number of halogens is 3. The van der Waals surface area contributed by atoms with Crippen LogP contribution in [-0.4, -0.2) is 15.5 Å². The number of hydrogen-bond acceptors (Lipinski definition) is 2. The van der Waals surface area contributed by atoms with Gasteiger partial charge >= 0.3 is 6.18 Å². The van der Waals surface area contributed by atoms with E-state index in [1.165, 1.54) is 24.8 Å². The first kappa shape index (κ1) is 19.7. The Kier molecular flexibility index (Phi) is 5.02. The van der Waals surface area contributed by atoms with Crippen molar-refractivity contribution < 1.29 is 18.0 Å². The van der Waals surface area contributed by atoms with Crippen LogP contribution in [0.3, 0.4) is 0 Å². The Labute approximate surface area is 160 Å². The first-order valence-corrected chi connectivity index (χ1v) is 8.67. The molecule has 3 aromatic rings. The molecule has 1 N–H and O–H groups in total. The molecule has 1 aromatic heterocycles. The SMILES string of the molecule is CC(C)(C)c1ccc(C(=O)N/C=C/n2cnc3cc(C(F)(F)F)ccc32)cc1. The summed E-state index contributed by atoms with van der Waals surface area (Å²) in [7, 11) is 0. The highest BCUT2D eigenvalue weighted by Gasteiger charge is 2.30. The highest BCUT2D eigenvalue weighted by Crippen LogP contribution is 2.31. The van der Waals surface area contributed by atoms with Gasteiger partial charge in [-0.1, -0.05) is 32.9 Å². The van der Waals surface area contributed by atoms with E-state index >= 15 is 0 Å². The van der Waals surface area contributed by atoms with Crippen LogP contribution in [0.25, 0.3) is 17.2 Å². The normalized spacial score (nSPS) is 12.6. The average molecular weight is 387 g/mol. The Morgan fingerprint density at radius 1 is 1.04 bits per heavy atom. The molecule has 4 nitrogen and oxygen atoms in total. The van der Waals surface area contributed by atoms with Crippen molar-refractivity contribution in [3.8, 4) is 0 Å². The molecule has 0 fully saturated rings. The molecule has 0 unspecified atom stereocenters. The summed E-state index contributed by atoms with van der Waals surface area (Å²) in [6.45, 7) is 6.29. The monoisotopic (exact) mass is 387 g/mol. The molecule has 0 atom stereocenters. The smallest absolute Gasteiger partial charge is 0.327 e. The van der Waals surface area contributed by atoms with Gasteiger partial charge in [0, 0.05) is 18.0 Å². The van der Waals surface area contributed by atoms with Gasteiger partial charge < -0.3 is 9.88 Å². The molecule has 0 bridgehead atoms. The Morgan fingerprint density at radius 3 is 2.29 bits per heavy atom. The fourth-order valence-electron chi connectivity index (χ4n) is 2.73. The Morgan fingerprint density at radius 2 is 1.68 bits per heavy atom. The van der Waals surface area contributed by atoms with Gasteiger partial charge in [0.15, 0.2) is 0 Å². The maximum absolute atomic E-state index is 12.8. The van der Waals surface area contributed by atoms with Crippen molar-refractivity contribution in [1.82, 2.24) is 14.9 Å². The minimum absolute atomic E-state index is 0.00334. The number of benzene rings is 2. The number of nitrogens with zero attached hydrogens (tertiary/aromatic N) is 2. The standard InChI is InChI=1S/C21H20F3N3O/c1-20(2,3)15-6-4-14(5-7-15)19(28)25-10-11-27-13-26-17-12-16(21(22,23)24)8-9-18(17)27/h4-13H,1-3H3,(H,25,28)/b11-10+. The van der Waals surface area contributed by atoms with Crippen molar-refractivity contribution in [2.75, 3.05) is 0 Å². The first-order valence-electron chi connectivity index (χ1n) is 8.67. The zero-order valence-electron chi connectivity index (χ0n) is 15.7. The number of alkyl halides is 3. The van der Waals surface area contributed by atoms with Gasteiger partial charge in [-0.2, -0.15) is 13.2 Å². The molecule has 3 rings (SSSR count). The summed E-state index contributed by atoms with van der Waals surface area (Å²) in [4.78, 5) is 16.2. The van der Waals surface area contributed by atoms with Crippen LogP contribution < -0.4 is 5.32 Å². The minimum atomic E-state index is -4.41. The van der Waals surface area contributed by atoms with Crippen molar-refractivity contribution >= 4 is 23.1 Å². The third kappa shape index (κ3) is 4.24. The summed E-state index contributed by atoms with van der Waals surface area (Å²) in [6, 6.07) is 10.7. The van der Waals surface area contributed by atoms with Crippen molar-refractivity contribution in [2.24, 2.45) is 0 Å². The van der Waals surface area contributed by atoms with E-state index in [1.807, 2.05) is 12.1 Å². The largest absolute Gasteiger partial charge is 0.416 e. The summed E-state index contributed by atoms with van der Waals surface area (Å²) >= 11 is 0. The fraction of sp³-hybridized carbons (Fsp3) is 0.238. The third-order valence-corrected chi connectivity index (χ3v) is 4.36. The average Bonchev–Trinajstić information content (AvgIpc) is 3.03. The number of carbonyl (C=O) groups is 1. The molecule has 0 radical (unpaired) electrons. The molecule has 28 heavy (non-hydrogen) atoms. The summed E-state index contributed by atoms with van der Waals surface area (Å²) in [5.41, 5.74) is 1.63. The molecule has 0 saturated heterocycles. The molecule has 1 amide bonds. The lowest BCUT2D eigenvalue weighted by Gasteiger charge is -2.18. The van der Waals surface area contributed by atoms with Crippen molar-refractivity contribution in [3.05, 3.63) is 71.7 Å². The van der Waals surface area contributed by atoms with Crippen LogP contribution in [0.5, 0.6) is 0 Å². The van der Waals surface area contributed by atoms with Gasteiger partial charge in [-0.05, 0) is 41.3 Å². The maximum atomic E-state index is 12.8. The van der Waals surface area contributed by atoms with Gasteiger partial charge in [0.2, 0.25) is 0 Å². The van der Waals surface area contributed by atoms with Gasteiger partial charge in [0.1, 0.15) is 0 Å². The van der Waals surface area contributed by atoms with Crippen molar-refractivity contribution in [2.45, 2.75) is 32.4 Å². The van der Waals surface area contributed by atoms with Gasteiger partial charge in [0.05, 0.1) is 22.9 Å². The summed E-state index contributed by atoms with van der Waals surface area (Å²) in [5.74, 6) is -0.277. The molecule has 7 heteroatoms. The summed E-state index contributed by atoms with van der Waals surface area (Å²) in [6.07, 6.45) is -0.0568. The molecule has 2 aromatic carbocycles. The van der Waals surface area contributed by atoms with Crippen LogP contribution in [0, 0.1) is 0 Å². The number of carbonyl (C=O) groups excluding carboxylic acids is 1. The van der Waals surface area contributed by atoms with E-state index in [0.29, 0.717) is 11.1 Å². The Balaban J connectivity index is 1.71. The van der Waals surface area contributed by atoms with Gasteiger partial charge in [0.25, 0.3) is 5.91 Å². The number of hydrogen-bond donors (Lipinski definition) is 1. The molecule has 146 valence electrons. The van der Waals surface area contributed by atoms with Crippen LogP contribution in [0.1, 0.15) is 42.3 Å². The zero-order valence-corrected chi connectivity index (χ0v) is 15.7. The highest BCUT2D eigenvalue weighted by molar-refractivity contribution is 5.95. The predicted octanol–water partition coefficient (Wildman–Crippen LogP) is 5.21. The van der Waals surface area contributed by atoms with E-state index in [0.717, 1.165) is 17.7 Å². The Bertz CT molecular complexity index is 1030. The number of amides is 1. The summed E-state index contributed by atoms with van der Waals surface area (Å²) in [5, 5.41) is 2.65. The topological polar surface area (TPSA) is 46.9 Å². The molecule has 0 aliphatic rings. The number of imidazole rings is 1. The van der Waals surface area contributed by atoms with Crippen LogP contribution in [0.4, 0.5) is 13.2 Å². The number of aromatic nitrogens is 2. The lowest BCUT2D eigenvalue weighted by atomic mass is 9.87. The molecule has 0 spiro atoms. The van der Waals surface area contributed by atoms with Crippen LogP contribution in [0.15, 0.2) is 55.0 Å². The molecule has 0 aliphatic carbocycles. The first-order chi connectivity index (χ1) is 13.1. The summed E-state index contributed by atoms with van der Waals surface area (Å²) < 4.78 is 39.8. The minimum Gasteiger partial charge on any atom is -0.327 e. The number of rotatable bonds is 3. The molecule has 0 aliphatic heterocycles.